The highest BCUT2D eigenvalue weighted by molar-refractivity contribution is 8.13. The van der Waals surface area contributed by atoms with Crippen LogP contribution in [0, 0.1) is 6.92 Å². The molecule has 1 aromatic rings. The van der Waals surface area contributed by atoms with E-state index in [2.05, 4.69) is 0 Å². The van der Waals surface area contributed by atoms with Crippen molar-refractivity contribution in [1.29, 1.82) is 0 Å². The highest BCUT2D eigenvalue weighted by atomic mass is 32.2. The molecule has 0 amide bonds. The monoisotopic (exact) mass is 224 g/mol. The van der Waals surface area contributed by atoms with E-state index in [0.29, 0.717) is 13.1 Å². The van der Waals surface area contributed by atoms with Crippen LogP contribution in [0.15, 0.2) is 12.1 Å². The third-order valence-corrected chi connectivity index (χ3v) is 2.90. The Hall–Kier alpha value is -0.840. The fraction of sp³-hybridized carbons (Fsp3) is 0.364. The molecule has 0 radical (unpaired) electrons. The number of aryl methyl sites for hydroxylation is 1. The van der Waals surface area contributed by atoms with Crippen LogP contribution in [0.4, 0.5) is 0 Å². The molecule has 0 saturated heterocycles. The molecule has 0 saturated carbocycles. The first kappa shape index (κ1) is 12.2. The standard InChI is InChI=1S/C11H16N2OS/c1-7-3-8(5-12)4-9(6-13)10(7)11(14)15-2/h3-4H,5-6,12-13H2,1-2H3. The number of carbonyl (C=O) groups is 1. The Kier molecular flexibility index (Phi) is 4.32. The minimum atomic E-state index is 0.0662. The maximum Gasteiger partial charge on any atom is 0.219 e. The number of nitrogens with two attached hydrogens (primary N) is 2. The fourth-order valence-corrected chi connectivity index (χ4v) is 2.11. The first-order valence-corrected chi connectivity index (χ1v) is 5.97. The van der Waals surface area contributed by atoms with Gasteiger partial charge in [-0.25, -0.2) is 0 Å². The van der Waals surface area contributed by atoms with Gasteiger partial charge in [0.15, 0.2) is 0 Å². The number of hydrogen-bond donors (Lipinski definition) is 2. The molecule has 15 heavy (non-hydrogen) atoms. The summed E-state index contributed by atoms with van der Waals surface area (Å²) in [6.45, 7) is 2.76. The van der Waals surface area contributed by atoms with Crippen molar-refractivity contribution in [3.8, 4) is 0 Å². The number of carbonyl (C=O) groups excluding carboxylic acids is 1. The van der Waals surface area contributed by atoms with E-state index < -0.39 is 0 Å². The molecule has 1 rings (SSSR count). The largest absolute Gasteiger partial charge is 0.326 e. The van der Waals surface area contributed by atoms with Crippen LogP contribution in [-0.2, 0) is 13.1 Å². The van der Waals surface area contributed by atoms with Crippen molar-refractivity contribution in [2.24, 2.45) is 11.5 Å². The summed E-state index contributed by atoms with van der Waals surface area (Å²) in [5, 5.41) is 0.0662. The molecule has 0 aliphatic carbocycles. The smallest absolute Gasteiger partial charge is 0.219 e. The lowest BCUT2D eigenvalue weighted by Crippen LogP contribution is -2.09. The summed E-state index contributed by atoms with van der Waals surface area (Å²) < 4.78 is 0. The zero-order valence-corrected chi connectivity index (χ0v) is 9.86. The van der Waals surface area contributed by atoms with Crippen molar-refractivity contribution in [3.05, 3.63) is 34.4 Å². The van der Waals surface area contributed by atoms with Crippen LogP contribution < -0.4 is 11.5 Å². The van der Waals surface area contributed by atoms with Gasteiger partial charge < -0.3 is 11.5 Å². The molecule has 0 bridgehead atoms. The fourth-order valence-electron chi connectivity index (χ4n) is 1.61. The van der Waals surface area contributed by atoms with E-state index in [1.165, 1.54) is 11.8 Å². The average Bonchev–Trinajstić information content (AvgIpc) is 2.26. The normalized spacial score (nSPS) is 10.4. The molecule has 0 fully saturated rings. The van der Waals surface area contributed by atoms with E-state index in [9.17, 15) is 4.79 Å². The van der Waals surface area contributed by atoms with E-state index in [4.69, 9.17) is 11.5 Å². The molecular weight excluding hydrogens is 208 g/mol. The van der Waals surface area contributed by atoms with E-state index in [1.807, 2.05) is 19.1 Å². The van der Waals surface area contributed by atoms with Crippen molar-refractivity contribution in [2.45, 2.75) is 20.0 Å². The van der Waals surface area contributed by atoms with Crippen LogP contribution in [0.2, 0.25) is 0 Å². The summed E-state index contributed by atoms with van der Waals surface area (Å²) in [5.41, 5.74) is 14.8. The molecular formula is C11H16N2OS. The first-order chi connectivity index (χ1) is 7.13. The van der Waals surface area contributed by atoms with Gasteiger partial charge in [-0.15, -0.1) is 0 Å². The zero-order valence-electron chi connectivity index (χ0n) is 9.04. The van der Waals surface area contributed by atoms with Gasteiger partial charge >= 0.3 is 0 Å². The predicted octanol–water partition coefficient (Wildman–Crippen LogP) is 1.42. The average molecular weight is 224 g/mol. The summed E-state index contributed by atoms with van der Waals surface area (Å²) in [4.78, 5) is 11.7. The quantitative estimate of drug-likeness (QED) is 0.814. The van der Waals surface area contributed by atoms with Gasteiger partial charge in [-0.05, 0) is 29.9 Å². The lowest BCUT2D eigenvalue weighted by Gasteiger charge is -2.11. The Morgan fingerprint density at radius 3 is 2.47 bits per heavy atom. The molecule has 4 N–H and O–H groups in total. The second kappa shape index (κ2) is 5.30. The van der Waals surface area contributed by atoms with E-state index in [0.717, 1.165) is 22.3 Å². The Morgan fingerprint density at radius 1 is 1.33 bits per heavy atom. The Labute approximate surface area is 94.2 Å². The minimum absolute atomic E-state index is 0.0662. The number of hydrogen-bond acceptors (Lipinski definition) is 4. The molecule has 0 atom stereocenters. The molecule has 0 unspecified atom stereocenters. The topological polar surface area (TPSA) is 69.1 Å². The van der Waals surface area contributed by atoms with E-state index in [-0.39, 0.29) is 5.12 Å². The summed E-state index contributed by atoms with van der Waals surface area (Å²) in [6.07, 6.45) is 1.78. The molecule has 0 heterocycles. The minimum Gasteiger partial charge on any atom is -0.326 e. The van der Waals surface area contributed by atoms with Gasteiger partial charge in [-0.2, -0.15) is 0 Å². The van der Waals surface area contributed by atoms with Crippen LogP contribution in [0.25, 0.3) is 0 Å². The van der Waals surface area contributed by atoms with Crippen LogP contribution in [0.1, 0.15) is 27.0 Å². The highest BCUT2D eigenvalue weighted by Crippen LogP contribution is 2.21. The number of benzene rings is 1. The lowest BCUT2D eigenvalue weighted by atomic mass is 9.99. The molecule has 1 aromatic carbocycles. The van der Waals surface area contributed by atoms with Gasteiger partial charge in [0.2, 0.25) is 5.12 Å². The van der Waals surface area contributed by atoms with Crippen molar-refractivity contribution >= 4 is 16.9 Å². The van der Waals surface area contributed by atoms with Gasteiger partial charge in [0.25, 0.3) is 0 Å². The van der Waals surface area contributed by atoms with Crippen LogP contribution >= 0.6 is 11.8 Å². The molecule has 0 spiro atoms. The summed E-state index contributed by atoms with van der Waals surface area (Å²) >= 11 is 1.21. The van der Waals surface area contributed by atoms with Gasteiger partial charge in [0, 0.05) is 18.7 Å². The van der Waals surface area contributed by atoms with Gasteiger partial charge in [-0.1, -0.05) is 23.9 Å². The number of thioether (sulfide) groups is 1. The van der Waals surface area contributed by atoms with Gasteiger partial charge in [0.05, 0.1) is 0 Å². The first-order valence-electron chi connectivity index (χ1n) is 4.74. The molecule has 0 aliphatic heterocycles. The maximum atomic E-state index is 11.7. The second-order valence-electron chi connectivity index (χ2n) is 3.35. The Morgan fingerprint density at radius 2 is 2.00 bits per heavy atom. The maximum absolute atomic E-state index is 11.7. The third kappa shape index (κ3) is 2.59. The van der Waals surface area contributed by atoms with Crippen molar-refractivity contribution in [3.63, 3.8) is 0 Å². The molecule has 82 valence electrons. The molecule has 0 aromatic heterocycles. The molecule has 3 nitrogen and oxygen atoms in total. The SMILES string of the molecule is CSC(=O)c1c(C)cc(CN)cc1CN. The van der Waals surface area contributed by atoms with Crippen molar-refractivity contribution in [1.82, 2.24) is 0 Å². The van der Waals surface area contributed by atoms with E-state index in [1.54, 1.807) is 6.26 Å². The molecule has 0 aliphatic rings. The van der Waals surface area contributed by atoms with Crippen LogP contribution in [-0.4, -0.2) is 11.4 Å². The van der Waals surface area contributed by atoms with Gasteiger partial charge in [0.1, 0.15) is 0 Å². The summed E-state index contributed by atoms with van der Waals surface area (Å²) in [5.74, 6) is 0. The second-order valence-corrected chi connectivity index (χ2v) is 4.13. The van der Waals surface area contributed by atoms with E-state index >= 15 is 0 Å². The summed E-state index contributed by atoms with van der Waals surface area (Å²) in [6, 6.07) is 3.86. The molecule has 4 heteroatoms. The zero-order chi connectivity index (χ0) is 11.4. The number of rotatable bonds is 3. The van der Waals surface area contributed by atoms with Gasteiger partial charge in [-0.3, -0.25) is 4.79 Å². The summed E-state index contributed by atoms with van der Waals surface area (Å²) in [7, 11) is 0. The van der Waals surface area contributed by atoms with Crippen molar-refractivity contribution < 1.29 is 4.79 Å². The highest BCUT2D eigenvalue weighted by Gasteiger charge is 2.13. The van der Waals surface area contributed by atoms with Crippen molar-refractivity contribution in [2.75, 3.05) is 6.26 Å². The predicted molar refractivity (Wildman–Crippen MR) is 64.8 cm³/mol. The Balaban J connectivity index is 3.30. The van der Waals surface area contributed by atoms with Crippen LogP contribution in [0.3, 0.4) is 0 Å². The van der Waals surface area contributed by atoms with Crippen LogP contribution in [0.5, 0.6) is 0 Å². The lowest BCUT2D eigenvalue weighted by molar-refractivity contribution is 0.108. The Bertz CT molecular complexity index is 377. The third-order valence-electron chi connectivity index (χ3n) is 2.32.